The molecule has 0 bridgehead atoms. The van der Waals surface area contributed by atoms with Crippen molar-refractivity contribution in [3.8, 4) is 11.5 Å². The Morgan fingerprint density at radius 2 is 2.10 bits per heavy atom. The van der Waals surface area contributed by atoms with Crippen molar-refractivity contribution in [1.82, 2.24) is 10.3 Å². The number of aromatic nitrogens is 1. The van der Waals surface area contributed by atoms with Crippen LogP contribution in [0.1, 0.15) is 25.1 Å². The summed E-state index contributed by atoms with van der Waals surface area (Å²) in [5, 5.41) is 3.39. The lowest BCUT2D eigenvalue weighted by Crippen LogP contribution is -2.22. The third-order valence-electron chi connectivity index (χ3n) is 2.81. The summed E-state index contributed by atoms with van der Waals surface area (Å²) in [5.41, 5.74) is 2.01. The highest BCUT2D eigenvalue weighted by Crippen LogP contribution is 2.27. The van der Waals surface area contributed by atoms with E-state index in [0.717, 1.165) is 33.8 Å². The molecule has 2 rings (SSSR count). The summed E-state index contributed by atoms with van der Waals surface area (Å²) < 4.78 is 7.00. The number of rotatable bonds is 5. The molecule has 20 heavy (non-hydrogen) atoms. The highest BCUT2D eigenvalue weighted by atomic mass is 79.9. The second-order valence-electron chi connectivity index (χ2n) is 5.03. The Hall–Kier alpha value is -1.39. The Morgan fingerprint density at radius 1 is 1.30 bits per heavy atom. The molecule has 0 amide bonds. The van der Waals surface area contributed by atoms with Crippen molar-refractivity contribution in [3.05, 3.63) is 52.3 Å². The molecular formula is C16H19BrN2O. The predicted octanol–water partition coefficient (Wildman–Crippen LogP) is 4.44. The average molecular weight is 335 g/mol. The first-order valence-corrected chi connectivity index (χ1v) is 7.46. The molecule has 3 nitrogen and oxygen atoms in total. The van der Waals surface area contributed by atoms with Crippen molar-refractivity contribution in [2.75, 3.05) is 0 Å². The van der Waals surface area contributed by atoms with Gasteiger partial charge in [-0.05, 0) is 25.1 Å². The minimum Gasteiger partial charge on any atom is -0.457 e. The number of benzene rings is 1. The number of nitrogens with zero attached hydrogens (tertiary/aromatic N) is 1. The zero-order valence-electron chi connectivity index (χ0n) is 12.0. The SMILES string of the molecule is Cc1cc(Oc2cccc(Br)c2)c(CNC(C)C)cn1. The summed E-state index contributed by atoms with van der Waals surface area (Å²) >= 11 is 3.45. The molecule has 106 valence electrons. The third kappa shape index (κ3) is 4.32. The maximum Gasteiger partial charge on any atom is 0.135 e. The summed E-state index contributed by atoms with van der Waals surface area (Å²) in [5.74, 6) is 1.67. The average Bonchev–Trinajstić information content (AvgIpc) is 2.37. The van der Waals surface area contributed by atoms with Gasteiger partial charge in [0.15, 0.2) is 0 Å². The van der Waals surface area contributed by atoms with Crippen LogP contribution < -0.4 is 10.1 Å². The molecule has 0 aliphatic rings. The van der Waals surface area contributed by atoms with Gasteiger partial charge in [-0.3, -0.25) is 4.98 Å². The van der Waals surface area contributed by atoms with Crippen molar-refractivity contribution in [1.29, 1.82) is 0 Å². The number of aryl methyl sites for hydroxylation is 1. The van der Waals surface area contributed by atoms with Crippen LogP contribution in [0.25, 0.3) is 0 Å². The molecule has 0 radical (unpaired) electrons. The van der Waals surface area contributed by atoms with E-state index in [1.807, 2.05) is 43.5 Å². The molecule has 2 aromatic rings. The van der Waals surface area contributed by atoms with E-state index in [2.05, 4.69) is 40.1 Å². The molecule has 0 fully saturated rings. The van der Waals surface area contributed by atoms with Crippen molar-refractivity contribution in [3.63, 3.8) is 0 Å². The number of ether oxygens (including phenoxy) is 1. The molecule has 4 heteroatoms. The number of hydrogen-bond donors (Lipinski definition) is 1. The third-order valence-corrected chi connectivity index (χ3v) is 3.30. The number of pyridine rings is 1. The van der Waals surface area contributed by atoms with E-state index in [4.69, 9.17) is 4.74 Å². The maximum atomic E-state index is 5.99. The first-order chi connectivity index (χ1) is 9.54. The lowest BCUT2D eigenvalue weighted by molar-refractivity contribution is 0.467. The Balaban J connectivity index is 2.22. The van der Waals surface area contributed by atoms with E-state index in [-0.39, 0.29) is 0 Å². The van der Waals surface area contributed by atoms with Gasteiger partial charge in [-0.25, -0.2) is 0 Å². The van der Waals surface area contributed by atoms with E-state index in [9.17, 15) is 0 Å². The highest BCUT2D eigenvalue weighted by Gasteiger charge is 2.07. The van der Waals surface area contributed by atoms with Crippen molar-refractivity contribution in [2.24, 2.45) is 0 Å². The first-order valence-electron chi connectivity index (χ1n) is 6.67. The molecule has 0 atom stereocenters. The number of halogens is 1. The molecule has 0 aliphatic carbocycles. The second kappa shape index (κ2) is 6.86. The van der Waals surface area contributed by atoms with Gasteiger partial charge in [0, 0.05) is 40.6 Å². The van der Waals surface area contributed by atoms with Gasteiger partial charge in [0.2, 0.25) is 0 Å². The summed E-state index contributed by atoms with van der Waals surface area (Å²) in [4.78, 5) is 4.35. The van der Waals surface area contributed by atoms with Crippen LogP contribution in [0, 0.1) is 6.92 Å². The minimum absolute atomic E-state index is 0.426. The molecule has 0 unspecified atom stereocenters. The fourth-order valence-electron chi connectivity index (χ4n) is 1.76. The number of nitrogens with one attached hydrogen (secondary N) is 1. The van der Waals surface area contributed by atoms with Crippen LogP contribution in [-0.2, 0) is 6.54 Å². The van der Waals surface area contributed by atoms with Gasteiger partial charge in [0.25, 0.3) is 0 Å². The second-order valence-corrected chi connectivity index (χ2v) is 5.94. The lowest BCUT2D eigenvalue weighted by Gasteiger charge is -2.14. The summed E-state index contributed by atoms with van der Waals surface area (Å²) in [6.45, 7) is 6.95. The van der Waals surface area contributed by atoms with Crippen LogP contribution in [-0.4, -0.2) is 11.0 Å². The zero-order valence-corrected chi connectivity index (χ0v) is 13.6. The fraction of sp³-hybridized carbons (Fsp3) is 0.312. The zero-order chi connectivity index (χ0) is 14.5. The van der Waals surface area contributed by atoms with Crippen LogP contribution in [0.2, 0.25) is 0 Å². The molecule has 0 saturated carbocycles. The van der Waals surface area contributed by atoms with Gasteiger partial charge < -0.3 is 10.1 Å². The van der Waals surface area contributed by atoms with E-state index in [1.54, 1.807) is 0 Å². The Kier molecular flexibility index (Phi) is 5.15. The summed E-state index contributed by atoms with van der Waals surface area (Å²) in [6.07, 6.45) is 1.87. The van der Waals surface area contributed by atoms with Crippen LogP contribution in [0.5, 0.6) is 11.5 Å². The Morgan fingerprint density at radius 3 is 2.80 bits per heavy atom. The molecule has 0 spiro atoms. The van der Waals surface area contributed by atoms with Crippen LogP contribution in [0.15, 0.2) is 41.0 Å². The van der Waals surface area contributed by atoms with E-state index >= 15 is 0 Å². The standard InChI is InChI=1S/C16H19BrN2O/c1-11(2)18-9-13-10-19-12(3)7-16(13)20-15-6-4-5-14(17)8-15/h4-8,10-11,18H,9H2,1-3H3. The topological polar surface area (TPSA) is 34.1 Å². The smallest absolute Gasteiger partial charge is 0.135 e. The summed E-state index contributed by atoms with van der Waals surface area (Å²) in [6, 6.07) is 10.2. The first kappa shape index (κ1) is 15.0. The lowest BCUT2D eigenvalue weighted by atomic mass is 10.2. The van der Waals surface area contributed by atoms with Crippen molar-refractivity contribution >= 4 is 15.9 Å². The van der Waals surface area contributed by atoms with Gasteiger partial charge in [0.05, 0.1) is 0 Å². The van der Waals surface area contributed by atoms with E-state index < -0.39 is 0 Å². The normalized spacial score (nSPS) is 10.8. The molecule has 0 saturated heterocycles. The van der Waals surface area contributed by atoms with Crippen molar-refractivity contribution in [2.45, 2.75) is 33.4 Å². The largest absolute Gasteiger partial charge is 0.457 e. The molecule has 1 aromatic heterocycles. The van der Waals surface area contributed by atoms with Gasteiger partial charge in [-0.1, -0.05) is 35.8 Å². The maximum absolute atomic E-state index is 5.99. The van der Waals surface area contributed by atoms with Crippen molar-refractivity contribution < 1.29 is 4.74 Å². The molecule has 0 aliphatic heterocycles. The van der Waals surface area contributed by atoms with E-state index in [0.29, 0.717) is 6.04 Å². The molecule has 1 N–H and O–H groups in total. The molecular weight excluding hydrogens is 316 g/mol. The van der Waals surface area contributed by atoms with Gasteiger partial charge in [-0.15, -0.1) is 0 Å². The van der Waals surface area contributed by atoms with Crippen LogP contribution in [0.4, 0.5) is 0 Å². The fourth-order valence-corrected chi connectivity index (χ4v) is 2.14. The monoisotopic (exact) mass is 334 g/mol. The summed E-state index contributed by atoms with van der Waals surface area (Å²) in [7, 11) is 0. The van der Waals surface area contributed by atoms with Gasteiger partial charge in [-0.2, -0.15) is 0 Å². The molecule has 1 heterocycles. The molecule has 1 aromatic carbocycles. The van der Waals surface area contributed by atoms with Gasteiger partial charge >= 0.3 is 0 Å². The van der Waals surface area contributed by atoms with Crippen LogP contribution >= 0.6 is 15.9 Å². The quantitative estimate of drug-likeness (QED) is 0.877. The Labute approximate surface area is 128 Å². The minimum atomic E-state index is 0.426. The van der Waals surface area contributed by atoms with E-state index in [1.165, 1.54) is 0 Å². The predicted molar refractivity (Wildman–Crippen MR) is 85.2 cm³/mol. The number of hydrogen-bond acceptors (Lipinski definition) is 3. The highest BCUT2D eigenvalue weighted by molar-refractivity contribution is 9.10. The Bertz CT molecular complexity index is 584. The van der Waals surface area contributed by atoms with Crippen LogP contribution in [0.3, 0.4) is 0 Å². The van der Waals surface area contributed by atoms with Gasteiger partial charge in [0.1, 0.15) is 11.5 Å².